The first-order chi connectivity index (χ1) is 3.27. The van der Waals surface area contributed by atoms with Gasteiger partial charge in [-0.05, 0) is 0 Å². The maximum atomic E-state index is 9.25. The van der Waals surface area contributed by atoms with Crippen LogP contribution < -0.4 is 51.4 Å². The zero-order valence-corrected chi connectivity index (χ0v) is 7.71. The molecule has 0 saturated carbocycles. The molecule has 0 aromatic rings. The van der Waals surface area contributed by atoms with E-state index in [4.69, 9.17) is 16.9 Å². The van der Waals surface area contributed by atoms with Crippen LogP contribution in [0.3, 0.4) is 0 Å². The van der Waals surface area contributed by atoms with E-state index in [1.807, 2.05) is 0 Å². The van der Waals surface area contributed by atoms with Gasteiger partial charge in [0.15, 0.2) is 0 Å². The molecule has 8 heavy (non-hydrogen) atoms. The number of carbonyl (C=O) groups is 1. The van der Waals surface area contributed by atoms with Crippen LogP contribution in [0.5, 0.6) is 0 Å². The second-order valence-corrected chi connectivity index (χ2v) is 0.542. The first-order valence-electron chi connectivity index (χ1n) is 1.35. The molecule has 0 fully saturated rings. The van der Waals surface area contributed by atoms with E-state index in [1.54, 1.807) is 0 Å². The van der Waals surface area contributed by atoms with Gasteiger partial charge in [0.05, 0.1) is 0 Å². The summed E-state index contributed by atoms with van der Waals surface area (Å²) in [4.78, 5) is 9.25. The van der Waals surface area contributed by atoms with Crippen LogP contribution in [0.2, 0.25) is 0 Å². The Balaban J connectivity index is -0.0000000750. The van der Waals surface area contributed by atoms with Gasteiger partial charge < -0.3 is 16.9 Å². The Morgan fingerprint density at radius 1 is 1.75 bits per heavy atom. The quantitative estimate of drug-likeness (QED) is 0.244. The van der Waals surface area contributed by atoms with E-state index in [-0.39, 0.29) is 51.4 Å². The minimum absolute atomic E-state index is 0. The molecule has 0 aliphatic heterocycles. The van der Waals surface area contributed by atoms with E-state index < -0.39 is 5.97 Å². The third-order valence-corrected chi connectivity index (χ3v) is 0.175. The van der Waals surface area contributed by atoms with Gasteiger partial charge in [-0.25, -0.2) is 4.79 Å². The van der Waals surface area contributed by atoms with Gasteiger partial charge in [-0.1, -0.05) is 6.58 Å². The molecule has 0 radical (unpaired) electrons. The number of hydrogen-bond donors (Lipinski definition) is 1. The predicted octanol–water partition coefficient (Wildman–Crippen LogP) is -2.64. The third kappa shape index (κ3) is 33.1. The fraction of sp³-hybridized carbons (Fsp3) is 0. The van der Waals surface area contributed by atoms with Gasteiger partial charge in [0.1, 0.15) is 0 Å². The summed E-state index contributed by atoms with van der Waals surface area (Å²) in [5.74, 6) is -0.981. The molecule has 0 unspecified atom stereocenters. The van der Waals surface area contributed by atoms with Crippen molar-refractivity contribution >= 4 is 5.97 Å². The minimum Gasteiger partial charge on any atom is -0.512 e. The number of nitrogens with zero attached hydrogens (tertiary/aromatic N) is 1. The van der Waals surface area contributed by atoms with Crippen molar-refractivity contribution in [2.75, 3.05) is 0 Å². The summed E-state index contributed by atoms with van der Waals surface area (Å²) in [5, 5.41) is 13.9. The predicted molar refractivity (Wildman–Crippen MR) is 22.8 cm³/mol. The van der Waals surface area contributed by atoms with E-state index >= 15 is 0 Å². The topological polar surface area (TPSA) is 61.1 Å². The Labute approximate surface area is 90.4 Å². The number of aliphatic carboxylic acids is 1. The van der Waals surface area contributed by atoms with Crippen LogP contribution in [0.4, 0.5) is 0 Å². The summed E-state index contributed by atoms with van der Waals surface area (Å²) < 4.78 is 0. The summed E-state index contributed by atoms with van der Waals surface area (Å²) in [6, 6.07) is 0. The molecule has 0 aliphatic carbocycles. The minimum atomic E-state index is -0.981. The average molecular weight is 137 g/mol. The maximum Gasteiger partial charge on any atom is 1.00 e. The molecular weight excluding hydrogens is 133 g/mol. The number of hydrogen-bond acceptors (Lipinski definition) is 2. The molecule has 0 saturated heterocycles. The standard InChI is InChI=1S/C3H4O2.CN.K/c1-2-3(4)5;1-2;/h2H,1H2,(H,4,5);;/q;-1;+1. The van der Waals surface area contributed by atoms with Crippen molar-refractivity contribution in [3.63, 3.8) is 0 Å². The molecule has 1 N–H and O–H groups in total. The van der Waals surface area contributed by atoms with Gasteiger partial charge in [-0.2, -0.15) is 0 Å². The fourth-order valence-corrected chi connectivity index (χ4v) is 0. The van der Waals surface area contributed by atoms with E-state index in [2.05, 4.69) is 6.58 Å². The molecule has 38 valence electrons. The Kier molecular flexibility index (Phi) is 30.9. The average Bonchev–Trinajstić information content (AvgIpc) is 1.73. The Bertz CT molecular complexity index is 89.3. The Hall–Kier alpha value is 0.336. The van der Waals surface area contributed by atoms with Crippen LogP contribution in [0, 0.1) is 11.8 Å². The molecule has 0 aromatic heterocycles. The van der Waals surface area contributed by atoms with Crippen molar-refractivity contribution in [3.05, 3.63) is 19.2 Å². The molecule has 3 nitrogen and oxygen atoms in total. The smallest absolute Gasteiger partial charge is 0.512 e. The molecule has 0 amide bonds. The van der Waals surface area contributed by atoms with Crippen LogP contribution in [0.1, 0.15) is 0 Å². The summed E-state index contributed by atoms with van der Waals surface area (Å²) in [6.45, 7) is 7.71. The van der Waals surface area contributed by atoms with Gasteiger partial charge in [-0.3, -0.25) is 0 Å². The summed E-state index contributed by atoms with van der Waals surface area (Å²) in [5.41, 5.74) is 0. The second kappa shape index (κ2) is 15.7. The number of carboxylic acid groups (broad SMARTS) is 1. The number of rotatable bonds is 1. The molecule has 0 heterocycles. The third-order valence-electron chi connectivity index (χ3n) is 0.175. The van der Waals surface area contributed by atoms with Crippen LogP contribution in [0.15, 0.2) is 12.7 Å². The van der Waals surface area contributed by atoms with Crippen LogP contribution >= 0.6 is 0 Å². The van der Waals surface area contributed by atoms with Gasteiger partial charge in [-0.15, -0.1) is 0 Å². The zero-order chi connectivity index (χ0) is 6.28. The first kappa shape index (κ1) is 15.8. The first-order valence-corrected chi connectivity index (χ1v) is 1.35. The zero-order valence-electron chi connectivity index (χ0n) is 4.59. The van der Waals surface area contributed by atoms with Crippen molar-refractivity contribution < 1.29 is 61.3 Å². The maximum absolute atomic E-state index is 9.25. The molecule has 0 spiro atoms. The Morgan fingerprint density at radius 3 is 1.88 bits per heavy atom. The van der Waals surface area contributed by atoms with E-state index in [1.165, 1.54) is 0 Å². The second-order valence-electron chi connectivity index (χ2n) is 0.542. The van der Waals surface area contributed by atoms with E-state index in [9.17, 15) is 4.79 Å². The van der Waals surface area contributed by atoms with Gasteiger partial charge in [0.2, 0.25) is 0 Å². The van der Waals surface area contributed by atoms with Crippen molar-refractivity contribution in [2.24, 2.45) is 0 Å². The molecule has 0 aromatic carbocycles. The van der Waals surface area contributed by atoms with Crippen molar-refractivity contribution in [1.29, 1.82) is 5.26 Å². The van der Waals surface area contributed by atoms with Crippen molar-refractivity contribution in [2.45, 2.75) is 0 Å². The van der Waals surface area contributed by atoms with Crippen LogP contribution in [-0.4, -0.2) is 11.1 Å². The van der Waals surface area contributed by atoms with E-state index in [0.717, 1.165) is 6.08 Å². The molecule has 0 rings (SSSR count). The van der Waals surface area contributed by atoms with Crippen molar-refractivity contribution in [3.8, 4) is 0 Å². The molecule has 4 heteroatoms. The van der Waals surface area contributed by atoms with Crippen molar-refractivity contribution in [1.82, 2.24) is 0 Å². The Morgan fingerprint density at radius 2 is 1.88 bits per heavy atom. The van der Waals surface area contributed by atoms with E-state index in [0.29, 0.717) is 0 Å². The fourth-order valence-electron chi connectivity index (χ4n) is 0. The summed E-state index contributed by atoms with van der Waals surface area (Å²) >= 11 is 0. The largest absolute Gasteiger partial charge is 1.00 e. The number of carboxylic acids is 1. The molecule has 0 bridgehead atoms. The van der Waals surface area contributed by atoms with Gasteiger partial charge in [0.25, 0.3) is 0 Å². The summed E-state index contributed by atoms with van der Waals surface area (Å²) in [6.07, 6.45) is 0.833. The van der Waals surface area contributed by atoms with Crippen LogP contribution in [-0.2, 0) is 4.79 Å². The summed E-state index contributed by atoms with van der Waals surface area (Å²) in [7, 11) is 0. The monoisotopic (exact) mass is 137 g/mol. The van der Waals surface area contributed by atoms with Gasteiger partial charge >= 0.3 is 57.4 Å². The SMILES string of the molecule is C=CC(=O)O.[C-]#N.[K+]. The van der Waals surface area contributed by atoms with Gasteiger partial charge in [0, 0.05) is 6.08 Å². The molecule has 0 atom stereocenters. The molecular formula is C4H4KNO2. The molecule has 0 aliphatic rings. The normalized spacial score (nSPS) is 4.25. The van der Waals surface area contributed by atoms with Crippen LogP contribution in [0.25, 0.3) is 0 Å².